The number of hydrogen-bond acceptors (Lipinski definition) is 7. The Labute approximate surface area is 155 Å². The summed E-state index contributed by atoms with van der Waals surface area (Å²) in [5.74, 6) is 0.791. The Balaban J connectivity index is 1.41. The largest absolute Gasteiger partial charge is 0.461 e. The molecule has 1 amide bonds. The monoisotopic (exact) mass is 389 g/mol. The molecule has 0 bridgehead atoms. The van der Waals surface area contributed by atoms with E-state index in [2.05, 4.69) is 20.5 Å². The molecule has 10 heteroatoms. The molecular weight excluding hydrogens is 377 g/mol. The van der Waals surface area contributed by atoms with Gasteiger partial charge >= 0.3 is 0 Å². The van der Waals surface area contributed by atoms with Gasteiger partial charge in [0.15, 0.2) is 21.9 Å². The summed E-state index contributed by atoms with van der Waals surface area (Å²) < 4.78 is 21.0. The first kappa shape index (κ1) is 16.7. The van der Waals surface area contributed by atoms with Crippen molar-refractivity contribution in [2.45, 2.75) is 5.16 Å². The smallest absolute Gasteiger partial charge is 0.236 e. The van der Waals surface area contributed by atoms with Crippen molar-refractivity contribution in [1.29, 1.82) is 0 Å². The quantitative estimate of drug-likeness (QED) is 0.525. The fraction of sp³-hybridized carbons (Fsp3) is 0.125. The number of hydrogen-bond donors (Lipinski definition) is 1. The first-order chi connectivity index (χ1) is 12.6. The van der Waals surface area contributed by atoms with Crippen LogP contribution in [-0.2, 0) is 11.8 Å². The van der Waals surface area contributed by atoms with E-state index in [0.29, 0.717) is 32.1 Å². The second-order valence-corrected chi connectivity index (χ2v) is 7.28. The molecule has 132 valence electrons. The third kappa shape index (κ3) is 3.33. The van der Waals surface area contributed by atoms with Crippen LogP contribution in [0, 0.1) is 5.82 Å². The fourth-order valence-corrected chi connectivity index (χ4v) is 3.92. The summed E-state index contributed by atoms with van der Waals surface area (Å²) in [7, 11) is 1.81. The lowest BCUT2D eigenvalue weighted by Crippen LogP contribution is -2.14. The van der Waals surface area contributed by atoms with Crippen LogP contribution >= 0.6 is 23.1 Å². The van der Waals surface area contributed by atoms with Gasteiger partial charge in [-0.15, -0.1) is 10.2 Å². The van der Waals surface area contributed by atoms with E-state index >= 15 is 0 Å². The van der Waals surface area contributed by atoms with Crippen LogP contribution in [0.15, 0.2) is 46.2 Å². The molecule has 4 aromatic rings. The van der Waals surface area contributed by atoms with Crippen LogP contribution in [0.4, 0.5) is 9.52 Å². The molecule has 26 heavy (non-hydrogen) atoms. The Bertz CT molecular complexity index is 1070. The molecule has 0 unspecified atom stereocenters. The predicted octanol–water partition coefficient (Wildman–Crippen LogP) is 3.55. The van der Waals surface area contributed by atoms with Gasteiger partial charge in [-0.2, -0.15) is 0 Å². The van der Waals surface area contributed by atoms with Gasteiger partial charge in [0.05, 0.1) is 22.2 Å². The molecule has 0 radical (unpaired) electrons. The SMILES string of the molecule is Cn1c(SCC(=O)Nc2nc3ccc(F)cc3s2)nnc1-c1ccco1. The number of furan rings is 1. The summed E-state index contributed by atoms with van der Waals surface area (Å²) in [6.45, 7) is 0. The number of thioether (sulfide) groups is 1. The number of anilines is 1. The topological polar surface area (TPSA) is 85.8 Å². The fourth-order valence-electron chi connectivity index (χ4n) is 2.30. The van der Waals surface area contributed by atoms with Crippen molar-refractivity contribution in [2.75, 3.05) is 11.1 Å². The van der Waals surface area contributed by atoms with E-state index in [4.69, 9.17) is 4.42 Å². The van der Waals surface area contributed by atoms with Gasteiger partial charge in [-0.05, 0) is 30.3 Å². The Kier molecular flexibility index (Phi) is 4.43. The van der Waals surface area contributed by atoms with Gasteiger partial charge < -0.3 is 14.3 Å². The predicted molar refractivity (Wildman–Crippen MR) is 97.6 cm³/mol. The first-order valence-electron chi connectivity index (χ1n) is 7.52. The summed E-state index contributed by atoms with van der Waals surface area (Å²) >= 11 is 2.48. The van der Waals surface area contributed by atoms with E-state index in [9.17, 15) is 9.18 Å². The second-order valence-electron chi connectivity index (χ2n) is 5.31. The first-order valence-corrected chi connectivity index (χ1v) is 9.32. The van der Waals surface area contributed by atoms with E-state index in [1.807, 2.05) is 0 Å². The molecule has 0 spiro atoms. The zero-order valence-electron chi connectivity index (χ0n) is 13.5. The van der Waals surface area contributed by atoms with Gasteiger partial charge in [-0.3, -0.25) is 4.79 Å². The van der Waals surface area contributed by atoms with Crippen molar-refractivity contribution in [3.05, 3.63) is 42.4 Å². The van der Waals surface area contributed by atoms with E-state index in [-0.39, 0.29) is 17.5 Å². The van der Waals surface area contributed by atoms with Crippen LogP contribution in [-0.4, -0.2) is 31.4 Å². The van der Waals surface area contributed by atoms with Crippen molar-refractivity contribution in [3.63, 3.8) is 0 Å². The van der Waals surface area contributed by atoms with Crippen LogP contribution in [0.1, 0.15) is 0 Å². The number of carbonyl (C=O) groups excluding carboxylic acids is 1. The molecule has 7 nitrogen and oxygen atoms in total. The van der Waals surface area contributed by atoms with Crippen LogP contribution in [0.5, 0.6) is 0 Å². The number of rotatable bonds is 5. The van der Waals surface area contributed by atoms with Gasteiger partial charge in [0.1, 0.15) is 5.82 Å². The zero-order chi connectivity index (χ0) is 18.1. The maximum atomic E-state index is 13.2. The van der Waals surface area contributed by atoms with Crippen molar-refractivity contribution < 1.29 is 13.6 Å². The summed E-state index contributed by atoms with van der Waals surface area (Å²) in [5.41, 5.74) is 0.649. The number of thiazole rings is 1. The van der Waals surface area contributed by atoms with Crippen LogP contribution in [0.2, 0.25) is 0 Å². The maximum absolute atomic E-state index is 13.2. The summed E-state index contributed by atoms with van der Waals surface area (Å²) in [4.78, 5) is 16.4. The summed E-state index contributed by atoms with van der Waals surface area (Å²) in [5, 5.41) is 11.9. The van der Waals surface area contributed by atoms with E-state index in [1.165, 1.54) is 35.2 Å². The number of amides is 1. The Morgan fingerprint density at radius 1 is 1.38 bits per heavy atom. The average Bonchev–Trinajstić information content (AvgIpc) is 3.32. The van der Waals surface area contributed by atoms with Crippen molar-refractivity contribution in [1.82, 2.24) is 19.7 Å². The minimum atomic E-state index is -0.329. The summed E-state index contributed by atoms with van der Waals surface area (Å²) in [6, 6.07) is 7.89. The maximum Gasteiger partial charge on any atom is 0.236 e. The normalized spacial score (nSPS) is 11.2. The van der Waals surface area contributed by atoms with E-state index in [0.717, 1.165) is 0 Å². The van der Waals surface area contributed by atoms with Gasteiger partial charge in [-0.1, -0.05) is 23.1 Å². The number of halogens is 1. The lowest BCUT2D eigenvalue weighted by molar-refractivity contribution is -0.113. The standard InChI is InChI=1S/C16H12FN5O2S2/c1-22-14(11-3-2-6-24-11)20-21-16(22)25-8-13(23)19-15-18-10-5-4-9(17)7-12(10)26-15/h2-7H,8H2,1H3,(H,18,19,23). The Hall–Kier alpha value is -2.72. The molecule has 0 saturated carbocycles. The molecule has 0 aliphatic heterocycles. The van der Waals surface area contributed by atoms with E-state index < -0.39 is 0 Å². The molecule has 0 saturated heterocycles. The lowest BCUT2D eigenvalue weighted by atomic mass is 10.3. The minimum absolute atomic E-state index is 0.147. The van der Waals surface area contributed by atoms with Gasteiger partial charge in [0.25, 0.3) is 0 Å². The number of nitrogens with one attached hydrogen (secondary N) is 1. The minimum Gasteiger partial charge on any atom is -0.461 e. The molecule has 4 rings (SSSR count). The third-order valence-electron chi connectivity index (χ3n) is 3.51. The molecule has 3 heterocycles. The molecule has 0 aliphatic rings. The highest BCUT2D eigenvalue weighted by Crippen LogP contribution is 2.27. The van der Waals surface area contributed by atoms with Crippen LogP contribution in [0.3, 0.4) is 0 Å². The third-order valence-corrected chi connectivity index (χ3v) is 5.46. The number of carbonyl (C=O) groups is 1. The van der Waals surface area contributed by atoms with Crippen molar-refractivity contribution in [3.8, 4) is 11.6 Å². The average molecular weight is 389 g/mol. The van der Waals surface area contributed by atoms with E-state index in [1.54, 1.807) is 36.1 Å². The zero-order valence-corrected chi connectivity index (χ0v) is 15.1. The van der Waals surface area contributed by atoms with Gasteiger partial charge in [-0.25, -0.2) is 9.37 Å². The highest BCUT2D eigenvalue weighted by Gasteiger charge is 2.15. The molecule has 3 aromatic heterocycles. The molecule has 0 aliphatic carbocycles. The summed E-state index contributed by atoms with van der Waals surface area (Å²) in [6.07, 6.45) is 1.56. The number of fused-ring (bicyclic) bond motifs is 1. The van der Waals surface area contributed by atoms with Gasteiger partial charge in [0, 0.05) is 7.05 Å². The molecule has 1 aromatic carbocycles. The highest BCUT2D eigenvalue weighted by molar-refractivity contribution is 7.99. The molecular formula is C16H12FN5O2S2. The number of aromatic nitrogens is 4. The van der Waals surface area contributed by atoms with Crippen LogP contribution < -0.4 is 5.32 Å². The van der Waals surface area contributed by atoms with Gasteiger partial charge in [0.2, 0.25) is 5.91 Å². The Morgan fingerprint density at radius 3 is 3.08 bits per heavy atom. The molecule has 0 atom stereocenters. The van der Waals surface area contributed by atoms with Crippen molar-refractivity contribution in [2.24, 2.45) is 7.05 Å². The second kappa shape index (κ2) is 6.89. The number of nitrogens with zero attached hydrogens (tertiary/aromatic N) is 4. The molecule has 1 N–H and O–H groups in total. The highest BCUT2D eigenvalue weighted by atomic mass is 32.2. The van der Waals surface area contributed by atoms with Crippen LogP contribution in [0.25, 0.3) is 21.8 Å². The Morgan fingerprint density at radius 2 is 2.27 bits per heavy atom. The molecule has 0 fully saturated rings. The lowest BCUT2D eigenvalue weighted by Gasteiger charge is -2.02. The number of benzene rings is 1. The van der Waals surface area contributed by atoms with Crippen molar-refractivity contribution >= 4 is 44.4 Å².